The highest BCUT2D eigenvalue weighted by Crippen LogP contribution is 2.23. The van der Waals surface area contributed by atoms with Gasteiger partial charge in [-0.25, -0.2) is 0 Å². The van der Waals surface area contributed by atoms with Gasteiger partial charge in [-0.05, 0) is 48.7 Å². The second-order valence-corrected chi connectivity index (χ2v) is 6.37. The van der Waals surface area contributed by atoms with Gasteiger partial charge in [0.25, 0.3) is 0 Å². The molecule has 0 spiro atoms. The fourth-order valence-corrected chi connectivity index (χ4v) is 3.11. The van der Waals surface area contributed by atoms with Gasteiger partial charge in [-0.2, -0.15) is 4.99 Å². The summed E-state index contributed by atoms with van der Waals surface area (Å²) in [5.74, 6) is 1.21. The van der Waals surface area contributed by atoms with Gasteiger partial charge in [-0.3, -0.25) is 0 Å². The van der Waals surface area contributed by atoms with E-state index in [1.807, 2.05) is 23.9 Å². The quantitative estimate of drug-likeness (QED) is 0.196. The monoisotopic (exact) mass is 307 g/mol. The number of thioether (sulfide) groups is 1. The minimum atomic E-state index is 0.886. The van der Waals surface area contributed by atoms with Gasteiger partial charge in [0.2, 0.25) is 0 Å². The van der Waals surface area contributed by atoms with E-state index in [4.69, 9.17) is 0 Å². The van der Waals surface area contributed by atoms with Crippen molar-refractivity contribution < 1.29 is 0 Å². The van der Waals surface area contributed by atoms with Gasteiger partial charge >= 0.3 is 0 Å². The second kappa shape index (κ2) is 12.1. The Balaban J connectivity index is 2.02. The molecule has 0 amide bonds. The number of nitrogens with zero attached hydrogens (tertiary/aromatic N) is 1. The standard InChI is InChI=1S/C17H25NS2/c1-2-3-4-5-6-7-8-9-14-20-17-12-10-16(11-13-17)18-15-19/h10-13H,2-9,14H2,1H3. The van der Waals surface area contributed by atoms with Crippen molar-refractivity contribution in [2.24, 2.45) is 4.99 Å². The molecule has 0 fully saturated rings. The molecule has 0 saturated heterocycles. The van der Waals surface area contributed by atoms with Crippen molar-refractivity contribution in [3.05, 3.63) is 24.3 Å². The fourth-order valence-electron chi connectivity index (χ4n) is 2.10. The van der Waals surface area contributed by atoms with Crippen LogP contribution >= 0.6 is 24.0 Å². The largest absolute Gasteiger partial charge is 0.195 e. The first kappa shape index (κ1) is 17.4. The number of unbranched alkanes of at least 4 members (excludes halogenated alkanes) is 7. The predicted molar refractivity (Wildman–Crippen MR) is 94.5 cm³/mol. The number of thiocarbonyl (C=S) groups is 1. The van der Waals surface area contributed by atoms with Crippen LogP contribution in [-0.4, -0.2) is 10.9 Å². The Morgan fingerprint density at radius 1 is 0.950 bits per heavy atom. The third-order valence-electron chi connectivity index (χ3n) is 3.28. The molecule has 0 atom stereocenters. The molecule has 0 N–H and O–H groups in total. The summed E-state index contributed by atoms with van der Waals surface area (Å²) in [6, 6.07) is 8.21. The van der Waals surface area contributed by atoms with Crippen LogP contribution in [0.3, 0.4) is 0 Å². The maximum atomic E-state index is 4.59. The molecule has 0 bridgehead atoms. The first-order valence-corrected chi connectivity index (χ1v) is 9.07. The molecule has 0 aliphatic rings. The molecule has 0 saturated carbocycles. The van der Waals surface area contributed by atoms with Crippen LogP contribution in [0.15, 0.2) is 34.2 Å². The molecule has 1 rings (SSSR count). The lowest BCUT2D eigenvalue weighted by atomic mass is 10.1. The molecule has 1 nitrogen and oxygen atoms in total. The van der Waals surface area contributed by atoms with Gasteiger partial charge in [0.1, 0.15) is 0 Å². The number of hydrogen-bond acceptors (Lipinski definition) is 3. The number of aliphatic imine (C=N–C) groups is 1. The molecule has 1 aromatic carbocycles. The molecular weight excluding hydrogens is 282 g/mol. The molecule has 1 aromatic rings. The highest BCUT2D eigenvalue weighted by Gasteiger charge is 1.96. The fraction of sp³-hybridized carbons (Fsp3) is 0.588. The van der Waals surface area contributed by atoms with Gasteiger partial charge in [0.15, 0.2) is 0 Å². The summed E-state index contributed by atoms with van der Waals surface area (Å²) in [6.45, 7) is 2.27. The zero-order valence-electron chi connectivity index (χ0n) is 12.4. The van der Waals surface area contributed by atoms with Crippen LogP contribution < -0.4 is 0 Å². The zero-order chi connectivity index (χ0) is 14.5. The normalized spacial score (nSPS) is 10.2. The Morgan fingerprint density at radius 2 is 1.55 bits per heavy atom. The average molecular weight is 308 g/mol. The van der Waals surface area contributed by atoms with Gasteiger partial charge in [0.05, 0.1) is 10.8 Å². The van der Waals surface area contributed by atoms with Crippen LogP contribution in [0.4, 0.5) is 5.69 Å². The Hall–Kier alpha value is -0.630. The van der Waals surface area contributed by atoms with Crippen LogP contribution in [0.2, 0.25) is 0 Å². The zero-order valence-corrected chi connectivity index (χ0v) is 14.1. The van der Waals surface area contributed by atoms with Crippen molar-refractivity contribution in [3.63, 3.8) is 0 Å². The van der Waals surface area contributed by atoms with Crippen LogP contribution in [0, 0.1) is 0 Å². The summed E-state index contributed by atoms with van der Waals surface area (Å²) in [5, 5.41) is 2.39. The van der Waals surface area contributed by atoms with E-state index in [1.54, 1.807) is 0 Å². The Labute approximate surface area is 133 Å². The lowest BCUT2D eigenvalue weighted by Crippen LogP contribution is -1.83. The summed E-state index contributed by atoms with van der Waals surface area (Å²) in [6.07, 6.45) is 11.1. The van der Waals surface area contributed by atoms with E-state index in [0.29, 0.717) is 0 Å². The molecular formula is C17H25NS2. The lowest BCUT2D eigenvalue weighted by molar-refractivity contribution is 0.586. The topological polar surface area (TPSA) is 12.4 Å². The number of rotatable bonds is 11. The first-order chi connectivity index (χ1) is 9.86. The molecule has 3 heteroatoms. The summed E-state index contributed by atoms with van der Waals surface area (Å²) < 4.78 is 0. The average Bonchev–Trinajstić information content (AvgIpc) is 2.47. The van der Waals surface area contributed by atoms with E-state index in [9.17, 15) is 0 Å². The molecule has 0 aliphatic heterocycles. The van der Waals surface area contributed by atoms with E-state index in [-0.39, 0.29) is 0 Å². The van der Waals surface area contributed by atoms with Gasteiger partial charge < -0.3 is 0 Å². The van der Waals surface area contributed by atoms with Crippen LogP contribution in [-0.2, 0) is 0 Å². The molecule has 20 heavy (non-hydrogen) atoms. The first-order valence-electron chi connectivity index (χ1n) is 7.67. The molecule has 0 aliphatic carbocycles. The van der Waals surface area contributed by atoms with Crippen molar-refractivity contribution in [1.29, 1.82) is 0 Å². The van der Waals surface area contributed by atoms with Gasteiger partial charge in [-0.1, -0.05) is 51.9 Å². The van der Waals surface area contributed by atoms with Crippen molar-refractivity contribution in [1.82, 2.24) is 0 Å². The maximum Gasteiger partial charge on any atom is 0.0740 e. The van der Waals surface area contributed by atoms with Crippen molar-refractivity contribution in [3.8, 4) is 0 Å². The highest BCUT2D eigenvalue weighted by molar-refractivity contribution is 7.99. The maximum absolute atomic E-state index is 4.59. The number of hydrogen-bond donors (Lipinski definition) is 0. The van der Waals surface area contributed by atoms with Crippen molar-refractivity contribution in [2.75, 3.05) is 5.75 Å². The van der Waals surface area contributed by atoms with Gasteiger partial charge in [0, 0.05) is 4.90 Å². The van der Waals surface area contributed by atoms with E-state index < -0.39 is 0 Å². The Morgan fingerprint density at radius 3 is 2.15 bits per heavy atom. The van der Waals surface area contributed by atoms with Gasteiger partial charge in [-0.15, -0.1) is 11.8 Å². The number of isothiocyanates is 1. The summed E-state index contributed by atoms with van der Waals surface area (Å²) >= 11 is 6.52. The summed E-state index contributed by atoms with van der Waals surface area (Å²) in [4.78, 5) is 5.27. The van der Waals surface area contributed by atoms with Crippen LogP contribution in [0.1, 0.15) is 58.3 Å². The van der Waals surface area contributed by atoms with Crippen molar-refractivity contribution >= 4 is 34.8 Å². The lowest BCUT2D eigenvalue weighted by Gasteiger charge is -2.03. The smallest absolute Gasteiger partial charge is 0.0740 e. The van der Waals surface area contributed by atoms with E-state index in [1.165, 1.54) is 62.0 Å². The molecule has 110 valence electrons. The minimum absolute atomic E-state index is 0.886. The molecule has 0 heterocycles. The highest BCUT2D eigenvalue weighted by atomic mass is 32.2. The summed E-state index contributed by atoms with van der Waals surface area (Å²) in [5.41, 5.74) is 0.886. The molecule has 0 unspecified atom stereocenters. The van der Waals surface area contributed by atoms with E-state index in [2.05, 4.69) is 41.4 Å². The third-order valence-corrected chi connectivity index (χ3v) is 4.47. The van der Waals surface area contributed by atoms with Crippen LogP contribution in [0.25, 0.3) is 0 Å². The summed E-state index contributed by atoms with van der Waals surface area (Å²) in [7, 11) is 0. The SMILES string of the molecule is CCCCCCCCCCSc1ccc(N=C=S)cc1. The molecule has 0 radical (unpaired) electrons. The van der Waals surface area contributed by atoms with Crippen molar-refractivity contribution in [2.45, 2.75) is 63.2 Å². The minimum Gasteiger partial charge on any atom is -0.195 e. The second-order valence-electron chi connectivity index (χ2n) is 5.02. The Kier molecular flexibility index (Phi) is 10.6. The van der Waals surface area contributed by atoms with E-state index >= 15 is 0 Å². The van der Waals surface area contributed by atoms with Crippen LogP contribution in [0.5, 0.6) is 0 Å². The number of benzene rings is 1. The van der Waals surface area contributed by atoms with E-state index in [0.717, 1.165) is 5.69 Å². The predicted octanol–water partition coefficient (Wildman–Crippen LogP) is 6.65. The Bertz CT molecular complexity index is 394. The molecule has 0 aromatic heterocycles. The third kappa shape index (κ3) is 8.52.